The number of nitrogens with zero attached hydrogens (tertiary/aromatic N) is 2. The average molecular weight is 386 g/mol. The smallest absolute Gasteiger partial charge is 0.276 e. The largest absolute Gasteiger partial charge is 0.484 e. The van der Waals surface area contributed by atoms with Crippen molar-refractivity contribution in [1.29, 1.82) is 5.26 Å². The maximum atomic E-state index is 12.3. The van der Waals surface area contributed by atoms with Gasteiger partial charge in [-0.1, -0.05) is 30.3 Å². The number of rotatable bonds is 5. The molecule has 0 radical (unpaired) electrons. The fourth-order valence-corrected chi connectivity index (χ4v) is 2.58. The molecule has 7 nitrogen and oxygen atoms in total. The van der Waals surface area contributed by atoms with Crippen molar-refractivity contribution in [3.8, 4) is 23.1 Å². The maximum absolute atomic E-state index is 12.3. The first kappa shape index (κ1) is 19.6. The van der Waals surface area contributed by atoms with E-state index in [-0.39, 0.29) is 6.61 Å². The summed E-state index contributed by atoms with van der Waals surface area (Å²) in [6.07, 6.45) is 0. The third-order valence-corrected chi connectivity index (χ3v) is 4.07. The summed E-state index contributed by atoms with van der Waals surface area (Å²) >= 11 is 0. The molecule has 144 valence electrons. The highest BCUT2D eigenvalue weighted by Crippen LogP contribution is 2.18. The van der Waals surface area contributed by atoms with E-state index < -0.39 is 11.8 Å². The summed E-state index contributed by atoms with van der Waals surface area (Å²) in [6, 6.07) is 21.4. The van der Waals surface area contributed by atoms with E-state index in [1.807, 2.05) is 36.4 Å². The zero-order chi connectivity index (χ0) is 20.6. The Bertz CT molecular complexity index is 1060. The SMILES string of the molecule is Cc1nc(-c2ccccc2)ccc1C(=O)NNC(=O)COc1ccc(C#N)cc1. The lowest BCUT2D eigenvalue weighted by Crippen LogP contribution is -2.44. The molecule has 1 heterocycles. The number of aromatic nitrogens is 1. The monoisotopic (exact) mass is 386 g/mol. The second-order valence-corrected chi connectivity index (χ2v) is 6.12. The number of benzene rings is 2. The molecule has 3 aromatic rings. The van der Waals surface area contributed by atoms with Crippen LogP contribution < -0.4 is 15.6 Å². The van der Waals surface area contributed by atoms with E-state index in [2.05, 4.69) is 15.8 Å². The topological polar surface area (TPSA) is 104 Å². The predicted octanol–water partition coefficient (Wildman–Crippen LogP) is 2.77. The molecule has 0 saturated carbocycles. The van der Waals surface area contributed by atoms with Gasteiger partial charge in [0.15, 0.2) is 6.61 Å². The van der Waals surface area contributed by atoms with Crippen LogP contribution in [0.5, 0.6) is 5.75 Å². The van der Waals surface area contributed by atoms with Crippen molar-refractivity contribution in [3.05, 3.63) is 83.6 Å². The summed E-state index contributed by atoms with van der Waals surface area (Å²) in [5, 5.41) is 8.76. The first-order valence-electron chi connectivity index (χ1n) is 8.82. The van der Waals surface area contributed by atoms with Crippen LogP contribution in [0, 0.1) is 18.3 Å². The fourth-order valence-electron chi connectivity index (χ4n) is 2.58. The molecule has 2 amide bonds. The van der Waals surface area contributed by atoms with Gasteiger partial charge in [-0.3, -0.25) is 25.4 Å². The van der Waals surface area contributed by atoms with Gasteiger partial charge in [-0.25, -0.2) is 0 Å². The van der Waals surface area contributed by atoms with Crippen LogP contribution in [0.15, 0.2) is 66.7 Å². The van der Waals surface area contributed by atoms with Gasteiger partial charge in [0.2, 0.25) is 0 Å². The van der Waals surface area contributed by atoms with Gasteiger partial charge in [0.1, 0.15) is 5.75 Å². The molecule has 0 atom stereocenters. The van der Waals surface area contributed by atoms with Gasteiger partial charge in [-0.05, 0) is 43.3 Å². The van der Waals surface area contributed by atoms with Crippen molar-refractivity contribution in [1.82, 2.24) is 15.8 Å². The number of nitriles is 1. The van der Waals surface area contributed by atoms with Crippen LogP contribution in [0.3, 0.4) is 0 Å². The molecule has 2 aromatic carbocycles. The van der Waals surface area contributed by atoms with Crippen LogP contribution >= 0.6 is 0 Å². The fraction of sp³-hybridized carbons (Fsp3) is 0.0909. The Kier molecular flexibility index (Phi) is 6.18. The first-order chi connectivity index (χ1) is 14.1. The number of carbonyl (C=O) groups is 2. The third-order valence-electron chi connectivity index (χ3n) is 4.07. The number of amides is 2. The van der Waals surface area contributed by atoms with E-state index in [0.29, 0.717) is 22.6 Å². The minimum absolute atomic E-state index is 0.281. The lowest BCUT2D eigenvalue weighted by atomic mass is 10.1. The van der Waals surface area contributed by atoms with Crippen molar-refractivity contribution in [3.63, 3.8) is 0 Å². The Morgan fingerprint density at radius 3 is 2.38 bits per heavy atom. The highest BCUT2D eigenvalue weighted by Gasteiger charge is 2.12. The summed E-state index contributed by atoms with van der Waals surface area (Å²) in [7, 11) is 0. The number of nitrogens with one attached hydrogen (secondary N) is 2. The lowest BCUT2D eigenvalue weighted by Gasteiger charge is -2.11. The Hall–Kier alpha value is -4.18. The number of aryl methyl sites for hydroxylation is 1. The average Bonchev–Trinajstić information content (AvgIpc) is 2.77. The van der Waals surface area contributed by atoms with Gasteiger partial charge in [-0.15, -0.1) is 0 Å². The van der Waals surface area contributed by atoms with Gasteiger partial charge >= 0.3 is 0 Å². The number of hydrogen-bond donors (Lipinski definition) is 2. The normalized spacial score (nSPS) is 9.93. The number of hydrazine groups is 1. The minimum atomic E-state index is -0.519. The summed E-state index contributed by atoms with van der Waals surface area (Å²) in [4.78, 5) is 28.7. The summed E-state index contributed by atoms with van der Waals surface area (Å²) in [6.45, 7) is 1.45. The molecule has 0 saturated heterocycles. The van der Waals surface area contributed by atoms with Crippen molar-refractivity contribution >= 4 is 11.8 Å². The van der Waals surface area contributed by atoms with Crippen LogP contribution in [0.4, 0.5) is 0 Å². The Balaban J connectivity index is 1.53. The van der Waals surface area contributed by atoms with E-state index in [4.69, 9.17) is 10.00 Å². The van der Waals surface area contributed by atoms with E-state index in [1.54, 1.807) is 43.3 Å². The van der Waals surface area contributed by atoms with Gasteiger partial charge in [-0.2, -0.15) is 5.26 Å². The van der Waals surface area contributed by atoms with Crippen LogP contribution in [0.25, 0.3) is 11.3 Å². The molecule has 0 aliphatic carbocycles. The maximum Gasteiger partial charge on any atom is 0.276 e. The lowest BCUT2D eigenvalue weighted by molar-refractivity contribution is -0.123. The summed E-state index contributed by atoms with van der Waals surface area (Å²) < 4.78 is 5.31. The molecule has 0 spiro atoms. The molecule has 0 bridgehead atoms. The van der Waals surface area contributed by atoms with E-state index >= 15 is 0 Å². The quantitative estimate of drug-likeness (QED) is 0.656. The van der Waals surface area contributed by atoms with Crippen molar-refractivity contribution < 1.29 is 14.3 Å². The van der Waals surface area contributed by atoms with Crippen LogP contribution in [-0.4, -0.2) is 23.4 Å². The van der Waals surface area contributed by atoms with E-state index in [9.17, 15) is 9.59 Å². The highest BCUT2D eigenvalue weighted by molar-refractivity contribution is 5.96. The molecule has 2 N–H and O–H groups in total. The molecule has 3 rings (SSSR count). The van der Waals surface area contributed by atoms with E-state index in [0.717, 1.165) is 11.3 Å². The van der Waals surface area contributed by atoms with Gasteiger partial charge in [0, 0.05) is 5.56 Å². The molecule has 0 unspecified atom stereocenters. The van der Waals surface area contributed by atoms with Crippen LogP contribution in [0.2, 0.25) is 0 Å². The molecular weight excluding hydrogens is 368 g/mol. The molecule has 29 heavy (non-hydrogen) atoms. The second-order valence-electron chi connectivity index (χ2n) is 6.12. The Morgan fingerprint density at radius 1 is 1.00 bits per heavy atom. The molecule has 0 aliphatic rings. The van der Waals surface area contributed by atoms with Crippen molar-refractivity contribution in [2.24, 2.45) is 0 Å². The minimum Gasteiger partial charge on any atom is -0.484 e. The summed E-state index contributed by atoms with van der Waals surface area (Å²) in [5.41, 5.74) is 7.78. The molecule has 0 fully saturated rings. The van der Waals surface area contributed by atoms with Gasteiger partial charge < -0.3 is 4.74 Å². The standard InChI is InChI=1S/C22H18N4O3/c1-15-19(11-12-20(24-15)17-5-3-2-4-6-17)22(28)26-25-21(27)14-29-18-9-7-16(13-23)8-10-18/h2-12H,14H2,1H3,(H,25,27)(H,26,28). The molecular formula is C22H18N4O3. The number of ether oxygens (including phenoxy) is 1. The van der Waals surface area contributed by atoms with Gasteiger partial charge in [0.05, 0.1) is 28.6 Å². The Morgan fingerprint density at radius 2 is 1.72 bits per heavy atom. The number of carbonyl (C=O) groups excluding carboxylic acids is 2. The zero-order valence-electron chi connectivity index (χ0n) is 15.7. The van der Waals surface area contributed by atoms with Crippen molar-refractivity contribution in [2.75, 3.05) is 6.61 Å². The number of hydrogen-bond acceptors (Lipinski definition) is 5. The molecule has 0 aliphatic heterocycles. The summed E-state index contributed by atoms with van der Waals surface area (Å²) in [5.74, 6) is -0.544. The van der Waals surface area contributed by atoms with Crippen LogP contribution in [-0.2, 0) is 4.79 Å². The highest BCUT2D eigenvalue weighted by atomic mass is 16.5. The predicted molar refractivity (Wildman–Crippen MR) is 107 cm³/mol. The molecule has 7 heteroatoms. The van der Waals surface area contributed by atoms with Gasteiger partial charge in [0.25, 0.3) is 11.8 Å². The van der Waals surface area contributed by atoms with Crippen LogP contribution in [0.1, 0.15) is 21.6 Å². The third kappa shape index (κ3) is 5.17. The van der Waals surface area contributed by atoms with E-state index in [1.165, 1.54) is 0 Å². The Labute approximate surface area is 167 Å². The zero-order valence-corrected chi connectivity index (χ0v) is 15.7. The van der Waals surface area contributed by atoms with Crippen molar-refractivity contribution in [2.45, 2.75) is 6.92 Å². The second kappa shape index (κ2) is 9.15. The first-order valence-corrected chi connectivity index (χ1v) is 8.82. The molecule has 1 aromatic heterocycles. The number of pyridine rings is 1.